The summed E-state index contributed by atoms with van der Waals surface area (Å²) in [6.07, 6.45) is -3.65. The maximum atomic E-state index is 12.9. The van der Waals surface area contributed by atoms with E-state index >= 15 is 0 Å². The zero-order chi connectivity index (χ0) is 27.3. The fourth-order valence-corrected chi connectivity index (χ4v) is 5.45. The highest BCUT2D eigenvalue weighted by molar-refractivity contribution is 7.89. The third-order valence-electron chi connectivity index (χ3n) is 5.96. The summed E-state index contributed by atoms with van der Waals surface area (Å²) in [6.45, 7) is 3.08. The molecule has 0 unspecified atom stereocenters. The first kappa shape index (κ1) is 27.6. The van der Waals surface area contributed by atoms with Crippen molar-refractivity contribution in [2.75, 3.05) is 30.3 Å². The summed E-state index contributed by atoms with van der Waals surface area (Å²) in [4.78, 5) is 12.5. The van der Waals surface area contributed by atoms with Crippen LogP contribution < -0.4 is 15.4 Å². The van der Waals surface area contributed by atoms with E-state index in [-0.39, 0.29) is 41.8 Å². The summed E-state index contributed by atoms with van der Waals surface area (Å²) < 4.78 is 70.3. The molecule has 0 bridgehead atoms. The van der Waals surface area contributed by atoms with Gasteiger partial charge in [0.25, 0.3) is 0 Å². The molecule has 0 amide bonds. The van der Waals surface area contributed by atoms with Crippen LogP contribution in [0.3, 0.4) is 0 Å². The van der Waals surface area contributed by atoms with Crippen molar-refractivity contribution in [3.63, 3.8) is 0 Å². The van der Waals surface area contributed by atoms with Crippen LogP contribution in [-0.2, 0) is 10.0 Å². The second kappa shape index (κ2) is 11.5. The molecule has 0 atom stereocenters. The van der Waals surface area contributed by atoms with Crippen LogP contribution in [0.15, 0.2) is 59.5 Å². The predicted octanol–water partition coefficient (Wildman–Crippen LogP) is 4.94. The van der Waals surface area contributed by atoms with Crippen LogP contribution in [-0.4, -0.2) is 59.6 Å². The first-order valence-electron chi connectivity index (χ1n) is 12.1. The average Bonchev–Trinajstić information content (AvgIpc) is 2.88. The van der Waals surface area contributed by atoms with E-state index in [9.17, 15) is 21.6 Å². The standard InChI is InChI=1S/C25H29F3N6O3S/c1-17(2)18-7-6-8-20(15-18)30-23-31-22(32-24(33-23)37-16-25(26,27)28)29-19-11-13-34(14-12-19)38(35,36)21-9-4-3-5-10-21/h3-10,15,17,19H,11-14,16H2,1-2H3,(H2,29,30,31,32,33). The predicted molar refractivity (Wildman–Crippen MR) is 137 cm³/mol. The number of ether oxygens (including phenoxy) is 1. The number of rotatable bonds is 9. The molecule has 9 nitrogen and oxygen atoms in total. The maximum Gasteiger partial charge on any atom is 0.422 e. The lowest BCUT2D eigenvalue weighted by Crippen LogP contribution is -2.42. The number of piperidine rings is 1. The Morgan fingerprint density at radius 3 is 2.34 bits per heavy atom. The van der Waals surface area contributed by atoms with Crippen LogP contribution in [0.2, 0.25) is 0 Å². The molecule has 38 heavy (non-hydrogen) atoms. The number of hydrogen-bond acceptors (Lipinski definition) is 8. The fourth-order valence-electron chi connectivity index (χ4n) is 3.96. The highest BCUT2D eigenvalue weighted by Gasteiger charge is 2.31. The number of alkyl halides is 3. The van der Waals surface area contributed by atoms with Crippen molar-refractivity contribution in [2.24, 2.45) is 0 Å². The van der Waals surface area contributed by atoms with E-state index in [1.165, 1.54) is 4.31 Å². The highest BCUT2D eigenvalue weighted by atomic mass is 32.2. The van der Waals surface area contributed by atoms with Gasteiger partial charge in [-0.1, -0.05) is 44.2 Å². The van der Waals surface area contributed by atoms with Crippen LogP contribution in [0, 0.1) is 0 Å². The van der Waals surface area contributed by atoms with Crippen LogP contribution in [0.25, 0.3) is 0 Å². The topological polar surface area (TPSA) is 109 Å². The molecule has 2 N–H and O–H groups in total. The number of halogens is 3. The zero-order valence-corrected chi connectivity index (χ0v) is 21.8. The molecule has 1 aliphatic rings. The van der Waals surface area contributed by atoms with E-state index in [0.717, 1.165) is 5.56 Å². The molecule has 0 saturated carbocycles. The summed E-state index contributed by atoms with van der Waals surface area (Å²) in [5.74, 6) is 0.323. The molecule has 1 fully saturated rings. The van der Waals surface area contributed by atoms with Crippen molar-refractivity contribution in [3.8, 4) is 6.01 Å². The zero-order valence-electron chi connectivity index (χ0n) is 20.9. The van der Waals surface area contributed by atoms with Crippen molar-refractivity contribution >= 4 is 27.6 Å². The van der Waals surface area contributed by atoms with E-state index in [4.69, 9.17) is 4.74 Å². The Balaban J connectivity index is 1.48. The minimum atomic E-state index is -4.56. The molecule has 0 aliphatic carbocycles. The van der Waals surface area contributed by atoms with Gasteiger partial charge in [0.05, 0.1) is 4.90 Å². The van der Waals surface area contributed by atoms with Gasteiger partial charge in [-0.05, 0) is 48.6 Å². The van der Waals surface area contributed by atoms with Gasteiger partial charge in [0, 0.05) is 24.8 Å². The number of anilines is 3. The first-order chi connectivity index (χ1) is 18.0. The van der Waals surface area contributed by atoms with Crippen molar-refractivity contribution in [3.05, 3.63) is 60.2 Å². The lowest BCUT2D eigenvalue weighted by molar-refractivity contribution is -0.154. The van der Waals surface area contributed by atoms with Crippen LogP contribution in [0.1, 0.15) is 38.2 Å². The van der Waals surface area contributed by atoms with Gasteiger partial charge in [-0.3, -0.25) is 0 Å². The molecule has 204 valence electrons. The normalized spacial score (nSPS) is 15.4. The number of sulfonamides is 1. The van der Waals surface area contributed by atoms with Crippen LogP contribution >= 0.6 is 0 Å². The fraction of sp³-hybridized carbons (Fsp3) is 0.400. The minimum Gasteiger partial charge on any atom is -0.454 e. The molecule has 1 saturated heterocycles. The molecule has 0 spiro atoms. The lowest BCUT2D eigenvalue weighted by Gasteiger charge is -2.31. The van der Waals surface area contributed by atoms with Crippen molar-refractivity contribution in [1.29, 1.82) is 0 Å². The van der Waals surface area contributed by atoms with Crippen molar-refractivity contribution in [2.45, 2.75) is 49.7 Å². The van der Waals surface area contributed by atoms with Crippen LogP contribution in [0.4, 0.5) is 30.8 Å². The molecule has 13 heteroatoms. The average molecular weight is 551 g/mol. The second-order valence-electron chi connectivity index (χ2n) is 9.21. The summed E-state index contributed by atoms with van der Waals surface area (Å²) >= 11 is 0. The Labute approximate surface area is 219 Å². The molecular weight excluding hydrogens is 521 g/mol. The summed E-state index contributed by atoms with van der Waals surface area (Å²) in [5.41, 5.74) is 1.72. The van der Waals surface area contributed by atoms with E-state index in [1.54, 1.807) is 36.4 Å². The van der Waals surface area contributed by atoms with Gasteiger partial charge in [-0.15, -0.1) is 0 Å². The number of nitrogens with zero attached hydrogens (tertiary/aromatic N) is 4. The Bertz CT molecular complexity index is 1330. The van der Waals surface area contributed by atoms with E-state index in [0.29, 0.717) is 18.5 Å². The molecule has 1 aromatic heterocycles. The minimum absolute atomic E-state index is 0.0182. The quantitative estimate of drug-likeness (QED) is 0.386. The molecular formula is C25H29F3N6O3S. The molecule has 2 aromatic carbocycles. The van der Waals surface area contributed by atoms with Gasteiger partial charge < -0.3 is 15.4 Å². The molecule has 3 aromatic rings. The van der Waals surface area contributed by atoms with Gasteiger partial charge >= 0.3 is 12.2 Å². The Morgan fingerprint density at radius 2 is 1.68 bits per heavy atom. The highest BCUT2D eigenvalue weighted by Crippen LogP contribution is 2.25. The van der Waals surface area contributed by atoms with Crippen LogP contribution in [0.5, 0.6) is 6.01 Å². The van der Waals surface area contributed by atoms with Gasteiger partial charge in [-0.2, -0.15) is 32.4 Å². The number of benzene rings is 2. The first-order valence-corrected chi connectivity index (χ1v) is 13.6. The summed E-state index contributed by atoms with van der Waals surface area (Å²) in [6, 6.07) is 15.0. The number of nitrogens with one attached hydrogen (secondary N) is 2. The molecule has 4 rings (SSSR count). The lowest BCUT2D eigenvalue weighted by atomic mass is 10.0. The second-order valence-corrected chi connectivity index (χ2v) is 11.1. The summed E-state index contributed by atoms with van der Waals surface area (Å²) in [5, 5.41) is 6.11. The van der Waals surface area contributed by atoms with E-state index < -0.39 is 28.8 Å². The van der Waals surface area contributed by atoms with Gasteiger partial charge in [-0.25, -0.2) is 8.42 Å². The smallest absolute Gasteiger partial charge is 0.422 e. The largest absolute Gasteiger partial charge is 0.454 e. The van der Waals surface area contributed by atoms with Gasteiger partial charge in [0.2, 0.25) is 21.9 Å². The third-order valence-corrected chi connectivity index (χ3v) is 7.87. The van der Waals surface area contributed by atoms with Crippen molar-refractivity contribution in [1.82, 2.24) is 19.3 Å². The number of hydrogen-bond donors (Lipinski definition) is 2. The van der Waals surface area contributed by atoms with E-state index in [1.807, 2.05) is 32.0 Å². The SMILES string of the molecule is CC(C)c1cccc(Nc2nc(NC3CCN(S(=O)(=O)c4ccccc4)CC3)nc(OCC(F)(F)F)n2)c1. The molecule has 0 radical (unpaired) electrons. The van der Waals surface area contributed by atoms with Gasteiger partial charge in [0.1, 0.15) is 0 Å². The Hall–Kier alpha value is -3.45. The van der Waals surface area contributed by atoms with Crippen molar-refractivity contribution < 1.29 is 26.3 Å². The Morgan fingerprint density at radius 1 is 1.00 bits per heavy atom. The van der Waals surface area contributed by atoms with Gasteiger partial charge in [0.15, 0.2) is 6.61 Å². The summed E-state index contributed by atoms with van der Waals surface area (Å²) in [7, 11) is -3.61. The maximum absolute atomic E-state index is 12.9. The number of aromatic nitrogens is 3. The molecule has 1 aliphatic heterocycles. The molecule has 2 heterocycles. The Kier molecular flexibility index (Phi) is 8.36. The van der Waals surface area contributed by atoms with E-state index in [2.05, 4.69) is 25.6 Å². The third kappa shape index (κ3) is 7.32. The monoisotopic (exact) mass is 550 g/mol.